The molecule has 154 valence electrons. The van der Waals surface area contributed by atoms with Gasteiger partial charge in [0.1, 0.15) is 29.5 Å². The molecule has 0 spiro atoms. The summed E-state index contributed by atoms with van der Waals surface area (Å²) < 4.78 is 4.85. The molecule has 4 N–H and O–H groups in total. The number of thioether (sulfide) groups is 1. The van der Waals surface area contributed by atoms with Crippen molar-refractivity contribution in [3.8, 4) is 5.75 Å². The molecule has 1 aromatic carbocycles. The lowest BCUT2D eigenvalue weighted by Gasteiger charge is -2.49. The number of nitrogens with one attached hydrogen (secondary N) is 1. The van der Waals surface area contributed by atoms with Crippen molar-refractivity contribution in [1.29, 1.82) is 0 Å². The molecule has 0 bridgehead atoms. The quantitative estimate of drug-likeness (QED) is 0.358. The first-order valence-corrected chi connectivity index (χ1v) is 9.56. The molecule has 0 radical (unpaired) electrons. The summed E-state index contributed by atoms with van der Waals surface area (Å²) in [6, 6.07) is 4.37. The molecule has 29 heavy (non-hydrogen) atoms. The summed E-state index contributed by atoms with van der Waals surface area (Å²) in [5.74, 6) is -3.18. The van der Waals surface area contributed by atoms with Crippen molar-refractivity contribution in [3.05, 3.63) is 41.1 Å². The SMILES string of the molecule is CC(=O)OCC1=C(C(=O)O)N2C(=O)[C@@H](NC(=O)C(O)c3ccc(O)cc3)[C@H]2SC1. The molecule has 2 aliphatic heterocycles. The van der Waals surface area contributed by atoms with Gasteiger partial charge in [0, 0.05) is 18.2 Å². The number of rotatable bonds is 6. The second kappa shape index (κ2) is 8.13. The highest BCUT2D eigenvalue weighted by atomic mass is 32.2. The van der Waals surface area contributed by atoms with E-state index in [0.717, 1.165) is 4.90 Å². The van der Waals surface area contributed by atoms with E-state index in [4.69, 9.17) is 4.74 Å². The van der Waals surface area contributed by atoms with Crippen LogP contribution in [0.2, 0.25) is 0 Å². The number of amides is 2. The van der Waals surface area contributed by atoms with Crippen molar-refractivity contribution in [3.63, 3.8) is 0 Å². The molecule has 2 aliphatic rings. The molecular weight excluding hydrogens is 404 g/mol. The average molecular weight is 422 g/mol. The maximum absolute atomic E-state index is 12.5. The lowest BCUT2D eigenvalue weighted by molar-refractivity contribution is -0.152. The van der Waals surface area contributed by atoms with Crippen LogP contribution in [0.5, 0.6) is 5.75 Å². The molecule has 1 fully saturated rings. The number of β-lactam (4-membered cyclic amide) rings is 1. The Bertz CT molecular complexity index is 898. The van der Waals surface area contributed by atoms with Gasteiger partial charge in [0.05, 0.1) is 0 Å². The minimum atomic E-state index is -1.56. The van der Waals surface area contributed by atoms with E-state index in [1.165, 1.54) is 43.0 Å². The standard InChI is InChI=1S/C18H18N2O8S/c1-8(21)28-6-10-7-29-17-12(16(25)20(17)13(10)18(26)27)19-15(24)14(23)9-2-4-11(22)5-3-9/h2-5,12,14,17,22-23H,6-7H2,1H3,(H,19,24)(H,26,27)/t12-,14?,17-/m1/s1. The minimum absolute atomic E-state index is 0.0256. The number of carboxylic acids is 1. The molecule has 10 nitrogen and oxygen atoms in total. The number of aliphatic carboxylic acids is 1. The van der Waals surface area contributed by atoms with Crippen LogP contribution in [0.25, 0.3) is 0 Å². The molecule has 2 heterocycles. The van der Waals surface area contributed by atoms with Crippen LogP contribution < -0.4 is 5.32 Å². The van der Waals surface area contributed by atoms with Gasteiger partial charge in [-0.1, -0.05) is 12.1 Å². The summed E-state index contributed by atoms with van der Waals surface area (Å²) >= 11 is 1.22. The van der Waals surface area contributed by atoms with Gasteiger partial charge in [0.2, 0.25) is 0 Å². The molecular formula is C18H18N2O8S. The lowest BCUT2D eigenvalue weighted by Crippen LogP contribution is -2.71. The first kappa shape index (κ1) is 20.7. The third kappa shape index (κ3) is 4.05. The predicted molar refractivity (Wildman–Crippen MR) is 99.4 cm³/mol. The Labute approximate surface area is 169 Å². The van der Waals surface area contributed by atoms with Gasteiger partial charge in [0.15, 0.2) is 6.10 Å². The second-order valence-corrected chi connectivity index (χ2v) is 7.53. The maximum atomic E-state index is 12.5. The van der Waals surface area contributed by atoms with Crippen LogP contribution in [0.15, 0.2) is 35.5 Å². The van der Waals surface area contributed by atoms with E-state index in [9.17, 15) is 34.5 Å². The van der Waals surface area contributed by atoms with Crippen molar-refractivity contribution in [2.24, 2.45) is 0 Å². The van der Waals surface area contributed by atoms with Crippen LogP contribution in [0.4, 0.5) is 0 Å². The van der Waals surface area contributed by atoms with Gasteiger partial charge in [-0.2, -0.15) is 0 Å². The number of carbonyl (C=O) groups is 4. The van der Waals surface area contributed by atoms with Gasteiger partial charge < -0.3 is 25.4 Å². The van der Waals surface area contributed by atoms with Crippen LogP contribution in [0, 0.1) is 0 Å². The number of ether oxygens (including phenoxy) is 1. The molecule has 1 aromatic rings. The Morgan fingerprint density at radius 3 is 2.55 bits per heavy atom. The zero-order valence-electron chi connectivity index (χ0n) is 15.2. The number of carbonyl (C=O) groups excluding carboxylic acids is 3. The van der Waals surface area contributed by atoms with Crippen LogP contribution >= 0.6 is 11.8 Å². The van der Waals surface area contributed by atoms with Crippen LogP contribution in [0.3, 0.4) is 0 Å². The van der Waals surface area contributed by atoms with E-state index >= 15 is 0 Å². The topological polar surface area (TPSA) is 153 Å². The summed E-state index contributed by atoms with van der Waals surface area (Å²) in [4.78, 5) is 48.5. The molecule has 1 saturated heterocycles. The van der Waals surface area contributed by atoms with Gasteiger partial charge in [0.25, 0.3) is 11.8 Å². The van der Waals surface area contributed by atoms with E-state index in [1.54, 1.807) is 0 Å². The van der Waals surface area contributed by atoms with Crippen molar-refractivity contribution in [2.45, 2.75) is 24.4 Å². The number of benzene rings is 1. The molecule has 0 aliphatic carbocycles. The Morgan fingerprint density at radius 2 is 1.97 bits per heavy atom. The van der Waals surface area contributed by atoms with Gasteiger partial charge in [-0.15, -0.1) is 11.8 Å². The molecule has 0 saturated carbocycles. The Hall–Kier alpha value is -3.05. The molecule has 3 rings (SSSR count). The highest BCUT2D eigenvalue weighted by Crippen LogP contribution is 2.40. The van der Waals surface area contributed by atoms with Crippen molar-refractivity contribution < 1.29 is 39.2 Å². The molecule has 11 heteroatoms. The van der Waals surface area contributed by atoms with E-state index in [2.05, 4.69) is 5.32 Å². The number of hydrogen-bond acceptors (Lipinski definition) is 8. The Morgan fingerprint density at radius 1 is 1.31 bits per heavy atom. The van der Waals surface area contributed by atoms with Gasteiger partial charge in [-0.05, 0) is 17.7 Å². The van der Waals surface area contributed by atoms with Crippen molar-refractivity contribution in [2.75, 3.05) is 12.4 Å². The van der Waals surface area contributed by atoms with Crippen LogP contribution in [-0.4, -0.2) is 67.7 Å². The smallest absolute Gasteiger partial charge is 0.352 e. The number of phenolic OH excluding ortho intramolecular Hbond substituents is 1. The highest BCUT2D eigenvalue weighted by molar-refractivity contribution is 8.00. The number of phenols is 1. The number of aromatic hydroxyl groups is 1. The summed E-state index contributed by atoms with van der Waals surface area (Å²) in [6.07, 6.45) is -1.56. The van der Waals surface area contributed by atoms with Crippen LogP contribution in [-0.2, 0) is 23.9 Å². The monoisotopic (exact) mass is 422 g/mol. The normalized spacial score (nSPS) is 21.7. The van der Waals surface area contributed by atoms with E-state index in [0.29, 0.717) is 0 Å². The number of carboxylic acid groups (broad SMARTS) is 1. The molecule has 2 amide bonds. The molecule has 1 unspecified atom stereocenters. The number of aliphatic hydroxyl groups excluding tert-OH is 1. The molecule has 0 aromatic heterocycles. The van der Waals surface area contributed by atoms with E-state index in [1.807, 2.05) is 0 Å². The maximum Gasteiger partial charge on any atom is 0.352 e. The first-order valence-electron chi connectivity index (χ1n) is 8.51. The average Bonchev–Trinajstić information content (AvgIpc) is 2.69. The summed E-state index contributed by atoms with van der Waals surface area (Å²) in [5, 5.41) is 30.7. The fraction of sp³-hybridized carbons (Fsp3) is 0.333. The van der Waals surface area contributed by atoms with Gasteiger partial charge >= 0.3 is 11.9 Å². The molecule has 3 atom stereocenters. The number of hydrogen-bond donors (Lipinski definition) is 4. The minimum Gasteiger partial charge on any atom is -0.508 e. The highest BCUT2D eigenvalue weighted by Gasteiger charge is 2.54. The summed E-state index contributed by atoms with van der Waals surface area (Å²) in [5.41, 5.74) is 0.260. The van der Waals surface area contributed by atoms with E-state index < -0.39 is 41.3 Å². The zero-order valence-corrected chi connectivity index (χ0v) is 16.0. The van der Waals surface area contributed by atoms with Crippen molar-refractivity contribution >= 4 is 35.5 Å². The van der Waals surface area contributed by atoms with Crippen molar-refractivity contribution in [1.82, 2.24) is 10.2 Å². The van der Waals surface area contributed by atoms with Crippen LogP contribution in [0.1, 0.15) is 18.6 Å². The number of nitrogens with zero attached hydrogens (tertiary/aromatic N) is 1. The Kier molecular flexibility index (Phi) is 5.80. The fourth-order valence-corrected chi connectivity index (χ4v) is 4.35. The fourth-order valence-electron chi connectivity index (χ4n) is 3.02. The zero-order chi connectivity index (χ0) is 21.3. The third-order valence-electron chi connectivity index (χ3n) is 4.45. The van der Waals surface area contributed by atoms with E-state index in [-0.39, 0.29) is 34.9 Å². The van der Waals surface area contributed by atoms with Gasteiger partial charge in [-0.3, -0.25) is 19.3 Å². The number of fused-ring (bicyclic) bond motifs is 1. The summed E-state index contributed by atoms with van der Waals surface area (Å²) in [7, 11) is 0. The predicted octanol–water partition coefficient (Wildman–Crippen LogP) is -0.273. The largest absolute Gasteiger partial charge is 0.508 e. The second-order valence-electron chi connectivity index (χ2n) is 6.43. The lowest BCUT2D eigenvalue weighted by atomic mass is 10.0. The number of esters is 1. The first-order chi connectivity index (χ1) is 13.7. The van der Waals surface area contributed by atoms with Gasteiger partial charge in [-0.25, -0.2) is 4.79 Å². The summed E-state index contributed by atoms with van der Waals surface area (Å²) in [6.45, 7) is 0.955. The number of aliphatic hydroxyl groups is 1. The third-order valence-corrected chi connectivity index (χ3v) is 5.79. The Balaban J connectivity index is 1.71.